The highest BCUT2D eigenvalue weighted by atomic mass is 35.5. The summed E-state index contributed by atoms with van der Waals surface area (Å²) in [7, 11) is 0. The monoisotopic (exact) mass is 400 g/mol. The van der Waals surface area contributed by atoms with Crippen LogP contribution in [-0.4, -0.2) is 11.8 Å². The van der Waals surface area contributed by atoms with Crippen LogP contribution in [0, 0.1) is 0 Å². The van der Waals surface area contributed by atoms with Crippen LogP contribution in [0.5, 0.6) is 0 Å². The SMILES string of the molecule is O=C(Nc1ccc(NC(=O)c2cccc3c(Cl)cccc23)cc1)c1ccccc1. The largest absolute Gasteiger partial charge is 0.322 e. The molecule has 0 saturated carbocycles. The quantitative estimate of drug-likeness (QED) is 0.441. The van der Waals surface area contributed by atoms with Gasteiger partial charge in [0, 0.05) is 32.9 Å². The number of carbonyl (C=O) groups excluding carboxylic acids is 2. The van der Waals surface area contributed by atoms with Gasteiger partial charge in [0.1, 0.15) is 0 Å². The fraction of sp³-hybridized carbons (Fsp3) is 0. The number of fused-ring (bicyclic) bond motifs is 1. The Kier molecular flexibility index (Phi) is 5.27. The molecule has 29 heavy (non-hydrogen) atoms. The van der Waals surface area contributed by atoms with Gasteiger partial charge in [-0.3, -0.25) is 9.59 Å². The van der Waals surface area contributed by atoms with Crippen LogP contribution >= 0.6 is 11.6 Å². The van der Waals surface area contributed by atoms with E-state index in [0.29, 0.717) is 27.5 Å². The summed E-state index contributed by atoms with van der Waals surface area (Å²) in [5, 5.41) is 7.96. The van der Waals surface area contributed by atoms with E-state index in [4.69, 9.17) is 11.6 Å². The predicted octanol–water partition coefficient (Wildman–Crippen LogP) is 6.00. The summed E-state index contributed by atoms with van der Waals surface area (Å²) >= 11 is 6.23. The molecule has 0 fully saturated rings. The van der Waals surface area contributed by atoms with E-state index in [1.54, 1.807) is 48.5 Å². The first kappa shape index (κ1) is 18.7. The lowest BCUT2D eigenvalue weighted by atomic mass is 10.0. The molecule has 0 spiro atoms. The Morgan fingerprint density at radius 2 is 1.17 bits per heavy atom. The molecule has 142 valence electrons. The number of nitrogens with one attached hydrogen (secondary N) is 2. The van der Waals surface area contributed by atoms with Crippen molar-refractivity contribution in [3.63, 3.8) is 0 Å². The summed E-state index contributed by atoms with van der Waals surface area (Å²) in [6.07, 6.45) is 0. The first-order chi connectivity index (χ1) is 14.1. The molecule has 0 unspecified atom stereocenters. The number of halogens is 1. The molecule has 2 N–H and O–H groups in total. The molecule has 4 rings (SSSR count). The van der Waals surface area contributed by atoms with Gasteiger partial charge in [-0.2, -0.15) is 0 Å². The summed E-state index contributed by atoms with van der Waals surface area (Å²) < 4.78 is 0. The molecule has 4 aromatic carbocycles. The average Bonchev–Trinajstić information content (AvgIpc) is 2.75. The summed E-state index contributed by atoms with van der Waals surface area (Å²) in [6, 6.07) is 26.9. The van der Waals surface area contributed by atoms with Crippen LogP contribution in [0.4, 0.5) is 11.4 Å². The van der Waals surface area contributed by atoms with Gasteiger partial charge in [-0.1, -0.05) is 54.1 Å². The number of carbonyl (C=O) groups is 2. The molecule has 0 aliphatic heterocycles. The van der Waals surface area contributed by atoms with Gasteiger partial charge in [0.25, 0.3) is 11.8 Å². The highest BCUT2D eigenvalue weighted by Gasteiger charge is 2.12. The van der Waals surface area contributed by atoms with E-state index in [0.717, 1.165) is 10.8 Å². The van der Waals surface area contributed by atoms with E-state index in [2.05, 4.69) is 10.6 Å². The zero-order valence-electron chi connectivity index (χ0n) is 15.4. The van der Waals surface area contributed by atoms with Crippen molar-refractivity contribution in [1.82, 2.24) is 0 Å². The van der Waals surface area contributed by atoms with E-state index in [-0.39, 0.29) is 11.8 Å². The highest BCUT2D eigenvalue weighted by Crippen LogP contribution is 2.26. The molecule has 0 saturated heterocycles. The third-order valence-electron chi connectivity index (χ3n) is 4.55. The van der Waals surface area contributed by atoms with Crippen LogP contribution in [0.3, 0.4) is 0 Å². The molecule has 0 aromatic heterocycles. The number of benzene rings is 4. The lowest BCUT2D eigenvalue weighted by Gasteiger charge is -2.10. The maximum absolute atomic E-state index is 12.8. The summed E-state index contributed by atoms with van der Waals surface area (Å²) in [5.41, 5.74) is 2.41. The third kappa shape index (κ3) is 4.13. The summed E-state index contributed by atoms with van der Waals surface area (Å²) in [4.78, 5) is 25.0. The van der Waals surface area contributed by atoms with E-state index in [1.165, 1.54) is 0 Å². The Morgan fingerprint density at radius 1 is 0.586 bits per heavy atom. The summed E-state index contributed by atoms with van der Waals surface area (Å²) in [6.45, 7) is 0. The van der Waals surface area contributed by atoms with Crippen LogP contribution in [0.2, 0.25) is 5.02 Å². The Labute approximate surface area is 173 Å². The molecule has 4 nitrogen and oxygen atoms in total. The first-order valence-corrected chi connectivity index (χ1v) is 9.45. The molecule has 2 amide bonds. The van der Waals surface area contributed by atoms with Crippen LogP contribution in [-0.2, 0) is 0 Å². The second-order valence-electron chi connectivity index (χ2n) is 6.49. The van der Waals surface area contributed by atoms with Crippen molar-refractivity contribution in [3.8, 4) is 0 Å². The Balaban J connectivity index is 1.49. The molecule has 0 atom stereocenters. The maximum Gasteiger partial charge on any atom is 0.256 e. The molecular weight excluding hydrogens is 384 g/mol. The smallest absolute Gasteiger partial charge is 0.256 e. The van der Waals surface area contributed by atoms with Crippen molar-refractivity contribution >= 4 is 45.6 Å². The lowest BCUT2D eigenvalue weighted by Crippen LogP contribution is -2.13. The van der Waals surface area contributed by atoms with Crippen molar-refractivity contribution in [1.29, 1.82) is 0 Å². The van der Waals surface area contributed by atoms with Crippen molar-refractivity contribution in [3.05, 3.63) is 107 Å². The highest BCUT2D eigenvalue weighted by molar-refractivity contribution is 6.36. The molecular formula is C24H17ClN2O2. The molecule has 4 aromatic rings. The maximum atomic E-state index is 12.8. The van der Waals surface area contributed by atoms with Crippen LogP contribution in [0.25, 0.3) is 10.8 Å². The van der Waals surface area contributed by atoms with Gasteiger partial charge in [-0.25, -0.2) is 0 Å². The number of hydrogen-bond donors (Lipinski definition) is 2. The fourth-order valence-corrected chi connectivity index (χ4v) is 3.34. The van der Waals surface area contributed by atoms with Crippen molar-refractivity contribution in [2.45, 2.75) is 0 Å². The predicted molar refractivity (Wildman–Crippen MR) is 118 cm³/mol. The van der Waals surface area contributed by atoms with Gasteiger partial charge in [0.2, 0.25) is 0 Å². The average molecular weight is 401 g/mol. The van der Waals surface area contributed by atoms with Gasteiger partial charge >= 0.3 is 0 Å². The van der Waals surface area contributed by atoms with Crippen molar-refractivity contribution in [2.24, 2.45) is 0 Å². The number of amides is 2. The van der Waals surface area contributed by atoms with Gasteiger partial charge < -0.3 is 10.6 Å². The lowest BCUT2D eigenvalue weighted by molar-refractivity contribution is 0.101. The minimum Gasteiger partial charge on any atom is -0.322 e. The fourth-order valence-electron chi connectivity index (χ4n) is 3.10. The number of anilines is 2. The molecule has 0 aliphatic rings. The summed E-state index contributed by atoms with van der Waals surface area (Å²) in [5.74, 6) is -0.408. The topological polar surface area (TPSA) is 58.2 Å². The normalized spacial score (nSPS) is 10.5. The van der Waals surface area contributed by atoms with Crippen LogP contribution < -0.4 is 10.6 Å². The molecule has 5 heteroatoms. The van der Waals surface area contributed by atoms with Gasteiger partial charge in [0.15, 0.2) is 0 Å². The Morgan fingerprint density at radius 3 is 1.86 bits per heavy atom. The minimum absolute atomic E-state index is 0.185. The second-order valence-corrected chi connectivity index (χ2v) is 6.90. The van der Waals surface area contributed by atoms with Crippen LogP contribution in [0.15, 0.2) is 91.0 Å². The molecule has 0 heterocycles. The first-order valence-electron chi connectivity index (χ1n) is 9.07. The van der Waals surface area contributed by atoms with Gasteiger partial charge in [0.05, 0.1) is 0 Å². The molecule has 0 radical (unpaired) electrons. The Bertz CT molecular complexity index is 1190. The zero-order chi connectivity index (χ0) is 20.2. The Hall–Kier alpha value is -3.63. The third-order valence-corrected chi connectivity index (χ3v) is 4.88. The van der Waals surface area contributed by atoms with Crippen molar-refractivity contribution in [2.75, 3.05) is 10.6 Å². The second kappa shape index (κ2) is 8.17. The van der Waals surface area contributed by atoms with E-state index in [9.17, 15) is 9.59 Å². The van der Waals surface area contributed by atoms with Crippen molar-refractivity contribution < 1.29 is 9.59 Å². The molecule has 0 aliphatic carbocycles. The standard InChI is InChI=1S/C24H17ClN2O2/c25-22-11-5-8-19-20(22)9-4-10-21(19)24(29)27-18-14-12-17(13-15-18)26-23(28)16-6-2-1-3-7-16/h1-15H,(H,26,28)(H,27,29). The zero-order valence-corrected chi connectivity index (χ0v) is 16.1. The van der Waals surface area contributed by atoms with Crippen LogP contribution in [0.1, 0.15) is 20.7 Å². The van der Waals surface area contributed by atoms with Gasteiger partial charge in [-0.15, -0.1) is 0 Å². The van der Waals surface area contributed by atoms with Gasteiger partial charge in [-0.05, 0) is 53.9 Å². The molecule has 0 bridgehead atoms. The van der Waals surface area contributed by atoms with E-state index in [1.807, 2.05) is 42.5 Å². The number of rotatable bonds is 4. The minimum atomic E-state index is -0.223. The van der Waals surface area contributed by atoms with E-state index < -0.39 is 0 Å². The van der Waals surface area contributed by atoms with E-state index >= 15 is 0 Å². The number of hydrogen-bond acceptors (Lipinski definition) is 2.